The number of hydrogen-bond acceptors (Lipinski definition) is 2. The fourth-order valence-corrected chi connectivity index (χ4v) is 1.71. The molecule has 1 fully saturated rings. The fourth-order valence-electron chi connectivity index (χ4n) is 1.71. The van der Waals surface area contributed by atoms with Gasteiger partial charge < -0.3 is 10.6 Å². The maximum atomic E-state index is 13.3. The molecule has 94 valence electrons. The van der Waals surface area contributed by atoms with Crippen molar-refractivity contribution in [1.82, 2.24) is 10.6 Å². The van der Waals surface area contributed by atoms with E-state index in [4.69, 9.17) is 0 Å². The lowest BCUT2D eigenvalue weighted by Gasteiger charge is -2.11. The summed E-state index contributed by atoms with van der Waals surface area (Å²) in [5.41, 5.74) is -0.117. The molecule has 1 unspecified atom stereocenters. The Morgan fingerprint density at radius 3 is 2.76 bits per heavy atom. The molecule has 1 aromatic carbocycles. The zero-order valence-corrected chi connectivity index (χ0v) is 9.82. The molecule has 1 aliphatic rings. The van der Waals surface area contributed by atoms with Gasteiger partial charge in [0.05, 0.1) is 5.56 Å². The van der Waals surface area contributed by atoms with Gasteiger partial charge in [0.2, 0.25) is 0 Å². The number of rotatable bonds is 2. The van der Waals surface area contributed by atoms with E-state index in [1.54, 1.807) is 0 Å². The van der Waals surface area contributed by atoms with Gasteiger partial charge in [-0.05, 0) is 25.1 Å². The molecule has 1 atom stereocenters. The molecule has 1 aliphatic heterocycles. The summed E-state index contributed by atoms with van der Waals surface area (Å²) in [6, 6.07) is 2.96. The largest absolute Gasteiger partial charge is 0.348 e. The van der Waals surface area contributed by atoms with Crippen LogP contribution < -0.4 is 10.6 Å². The van der Waals surface area contributed by atoms with E-state index in [-0.39, 0.29) is 24.0 Å². The third-order valence-electron chi connectivity index (χ3n) is 2.57. The molecule has 1 saturated heterocycles. The number of carbonyl (C=O) groups excluding carboxylic acids is 1. The standard InChI is InChI=1S/C11H12F2N2O.ClH/c12-7-1-2-9(10(13)5-7)11(16)15-8-3-4-14-6-8;/h1-2,5,8,14H,3-4,6H2,(H,15,16);1H. The number of carbonyl (C=O) groups is 1. The highest BCUT2D eigenvalue weighted by Gasteiger charge is 2.19. The number of amides is 1. The summed E-state index contributed by atoms with van der Waals surface area (Å²) in [6.07, 6.45) is 0.828. The first-order chi connectivity index (χ1) is 7.66. The van der Waals surface area contributed by atoms with E-state index in [1.165, 1.54) is 0 Å². The van der Waals surface area contributed by atoms with Gasteiger partial charge in [0.15, 0.2) is 0 Å². The van der Waals surface area contributed by atoms with Crippen LogP contribution in [-0.2, 0) is 0 Å². The van der Waals surface area contributed by atoms with Crippen molar-refractivity contribution in [2.75, 3.05) is 13.1 Å². The SMILES string of the molecule is Cl.O=C(NC1CCNC1)c1ccc(F)cc1F. The van der Waals surface area contributed by atoms with Crippen LogP contribution in [0.15, 0.2) is 18.2 Å². The van der Waals surface area contributed by atoms with E-state index >= 15 is 0 Å². The maximum Gasteiger partial charge on any atom is 0.254 e. The maximum absolute atomic E-state index is 13.3. The van der Waals surface area contributed by atoms with E-state index < -0.39 is 17.5 Å². The molecule has 0 spiro atoms. The molecule has 17 heavy (non-hydrogen) atoms. The number of nitrogens with one attached hydrogen (secondary N) is 2. The number of halogens is 3. The first kappa shape index (κ1) is 13.9. The van der Waals surface area contributed by atoms with Gasteiger partial charge in [-0.3, -0.25) is 4.79 Å². The predicted octanol–water partition coefficient (Wildman–Crippen LogP) is 1.48. The molecule has 0 radical (unpaired) electrons. The Kier molecular flexibility index (Phi) is 4.84. The predicted molar refractivity (Wildman–Crippen MR) is 62.3 cm³/mol. The minimum Gasteiger partial charge on any atom is -0.348 e. The summed E-state index contributed by atoms with van der Waals surface area (Å²) in [5, 5.41) is 5.78. The quantitative estimate of drug-likeness (QED) is 0.848. The van der Waals surface area contributed by atoms with Crippen LogP contribution >= 0.6 is 12.4 Å². The van der Waals surface area contributed by atoms with Gasteiger partial charge in [-0.15, -0.1) is 12.4 Å². The highest BCUT2D eigenvalue weighted by atomic mass is 35.5. The summed E-state index contributed by atoms with van der Waals surface area (Å²) in [6.45, 7) is 1.53. The van der Waals surface area contributed by atoms with Gasteiger partial charge in [0.25, 0.3) is 5.91 Å². The Morgan fingerprint density at radius 1 is 1.41 bits per heavy atom. The van der Waals surface area contributed by atoms with Crippen LogP contribution in [0.3, 0.4) is 0 Å². The lowest BCUT2D eigenvalue weighted by Crippen LogP contribution is -2.36. The number of hydrogen-bond donors (Lipinski definition) is 2. The van der Waals surface area contributed by atoms with Crippen molar-refractivity contribution >= 4 is 18.3 Å². The molecule has 1 heterocycles. The summed E-state index contributed by atoms with van der Waals surface area (Å²) in [4.78, 5) is 11.6. The molecule has 6 heteroatoms. The van der Waals surface area contributed by atoms with Gasteiger partial charge in [0, 0.05) is 18.7 Å². The highest BCUT2D eigenvalue weighted by molar-refractivity contribution is 5.94. The minimum absolute atomic E-state index is 0. The fraction of sp³-hybridized carbons (Fsp3) is 0.364. The van der Waals surface area contributed by atoms with Crippen LogP contribution in [0.2, 0.25) is 0 Å². The van der Waals surface area contributed by atoms with Crippen LogP contribution in [0.1, 0.15) is 16.8 Å². The van der Waals surface area contributed by atoms with E-state index in [9.17, 15) is 13.6 Å². The highest BCUT2D eigenvalue weighted by Crippen LogP contribution is 2.10. The van der Waals surface area contributed by atoms with Gasteiger partial charge in [-0.1, -0.05) is 0 Å². The summed E-state index contributed by atoms with van der Waals surface area (Å²) >= 11 is 0. The van der Waals surface area contributed by atoms with Crippen LogP contribution in [0.5, 0.6) is 0 Å². The Balaban J connectivity index is 0.00000144. The van der Waals surface area contributed by atoms with Crippen LogP contribution in [0, 0.1) is 11.6 Å². The second-order valence-corrected chi connectivity index (χ2v) is 3.79. The normalized spacial score (nSPS) is 18.6. The van der Waals surface area contributed by atoms with Crippen molar-refractivity contribution in [3.8, 4) is 0 Å². The van der Waals surface area contributed by atoms with Crippen molar-refractivity contribution < 1.29 is 13.6 Å². The lowest BCUT2D eigenvalue weighted by molar-refractivity contribution is 0.0936. The first-order valence-corrected chi connectivity index (χ1v) is 5.13. The van der Waals surface area contributed by atoms with Gasteiger partial charge in [0.1, 0.15) is 11.6 Å². The van der Waals surface area contributed by atoms with Crippen molar-refractivity contribution in [3.63, 3.8) is 0 Å². The molecule has 0 aromatic heterocycles. The topological polar surface area (TPSA) is 41.1 Å². The average Bonchev–Trinajstić information content (AvgIpc) is 2.70. The second kappa shape index (κ2) is 5.93. The minimum atomic E-state index is -0.830. The van der Waals surface area contributed by atoms with E-state index in [1.807, 2.05) is 0 Å². The van der Waals surface area contributed by atoms with Gasteiger partial charge >= 0.3 is 0 Å². The van der Waals surface area contributed by atoms with E-state index in [0.29, 0.717) is 12.6 Å². The molecule has 0 saturated carbocycles. The molecule has 1 amide bonds. The molecule has 1 aromatic rings. The Hall–Kier alpha value is -1.20. The Labute approximate surface area is 104 Å². The van der Waals surface area contributed by atoms with Crippen molar-refractivity contribution in [2.24, 2.45) is 0 Å². The first-order valence-electron chi connectivity index (χ1n) is 5.13. The summed E-state index contributed by atoms with van der Waals surface area (Å²) in [5.74, 6) is -2.01. The van der Waals surface area contributed by atoms with Gasteiger partial charge in [-0.2, -0.15) is 0 Å². The average molecular weight is 263 g/mol. The zero-order chi connectivity index (χ0) is 11.5. The van der Waals surface area contributed by atoms with Crippen molar-refractivity contribution in [3.05, 3.63) is 35.4 Å². The summed E-state index contributed by atoms with van der Waals surface area (Å²) in [7, 11) is 0. The molecule has 2 N–H and O–H groups in total. The van der Waals surface area contributed by atoms with Crippen LogP contribution in [0.25, 0.3) is 0 Å². The third kappa shape index (κ3) is 3.38. The Morgan fingerprint density at radius 2 is 2.18 bits per heavy atom. The summed E-state index contributed by atoms with van der Waals surface area (Å²) < 4.78 is 25.9. The molecule has 3 nitrogen and oxygen atoms in total. The molecular formula is C11H13ClF2N2O. The van der Waals surface area contributed by atoms with Crippen LogP contribution in [0.4, 0.5) is 8.78 Å². The smallest absolute Gasteiger partial charge is 0.254 e. The molecule has 2 rings (SSSR count). The second-order valence-electron chi connectivity index (χ2n) is 3.79. The van der Waals surface area contributed by atoms with Crippen LogP contribution in [-0.4, -0.2) is 25.0 Å². The van der Waals surface area contributed by atoms with Crippen molar-refractivity contribution in [2.45, 2.75) is 12.5 Å². The molecule has 0 bridgehead atoms. The monoisotopic (exact) mass is 262 g/mol. The third-order valence-corrected chi connectivity index (χ3v) is 2.57. The molecular weight excluding hydrogens is 250 g/mol. The zero-order valence-electron chi connectivity index (χ0n) is 9.00. The molecule has 0 aliphatic carbocycles. The van der Waals surface area contributed by atoms with Crippen molar-refractivity contribution in [1.29, 1.82) is 0 Å². The van der Waals surface area contributed by atoms with Gasteiger partial charge in [-0.25, -0.2) is 8.78 Å². The Bertz CT molecular complexity index is 408. The lowest BCUT2D eigenvalue weighted by atomic mass is 10.1. The van der Waals surface area contributed by atoms with E-state index in [0.717, 1.165) is 25.1 Å². The number of benzene rings is 1. The van der Waals surface area contributed by atoms with E-state index in [2.05, 4.69) is 10.6 Å².